The topological polar surface area (TPSA) is 75.0 Å². The average molecular weight is 298 g/mol. The van der Waals surface area contributed by atoms with Crippen molar-refractivity contribution in [2.24, 2.45) is 11.7 Å². The molecule has 5 nitrogen and oxygen atoms in total. The van der Waals surface area contributed by atoms with Crippen molar-refractivity contribution >= 4 is 5.91 Å². The molecule has 0 spiro atoms. The van der Waals surface area contributed by atoms with Crippen LogP contribution >= 0.6 is 0 Å². The number of nitrogens with zero attached hydrogens (tertiary/aromatic N) is 2. The van der Waals surface area contributed by atoms with Gasteiger partial charge in [-0.05, 0) is 25.7 Å². The third kappa shape index (κ3) is 2.90. The summed E-state index contributed by atoms with van der Waals surface area (Å²) in [5.74, 6) is 0.419. The Kier molecular flexibility index (Phi) is 4.24. The maximum absolute atomic E-state index is 12.8. The standard InChI is InChI=1S/C17H22N4O/c1-12(18)14-8-5-9-21(11-14)17(22)15-10-19-20-16(15)13-6-3-2-4-7-13/h2-4,6-7,10,12,14H,5,8-9,11,18H2,1H3,(H,19,20)/t12-,14+/m1/s1. The summed E-state index contributed by atoms with van der Waals surface area (Å²) >= 11 is 0. The van der Waals surface area contributed by atoms with E-state index in [9.17, 15) is 4.79 Å². The molecule has 0 aliphatic carbocycles. The number of hydrogen-bond acceptors (Lipinski definition) is 3. The number of piperidine rings is 1. The molecule has 5 heteroatoms. The van der Waals surface area contributed by atoms with Gasteiger partial charge >= 0.3 is 0 Å². The van der Waals surface area contributed by atoms with Gasteiger partial charge in [-0.25, -0.2) is 0 Å². The molecule has 1 aromatic heterocycles. The Morgan fingerprint density at radius 1 is 1.41 bits per heavy atom. The van der Waals surface area contributed by atoms with E-state index in [-0.39, 0.29) is 11.9 Å². The first-order valence-corrected chi connectivity index (χ1v) is 7.80. The highest BCUT2D eigenvalue weighted by Crippen LogP contribution is 2.25. The van der Waals surface area contributed by atoms with Crippen molar-refractivity contribution in [2.75, 3.05) is 13.1 Å². The Morgan fingerprint density at radius 2 is 2.18 bits per heavy atom. The molecule has 3 N–H and O–H groups in total. The fourth-order valence-corrected chi connectivity index (χ4v) is 3.07. The smallest absolute Gasteiger partial charge is 0.257 e. The van der Waals surface area contributed by atoms with E-state index in [1.54, 1.807) is 6.20 Å². The number of nitrogens with two attached hydrogens (primary N) is 1. The minimum absolute atomic E-state index is 0.0398. The fraction of sp³-hybridized carbons (Fsp3) is 0.412. The quantitative estimate of drug-likeness (QED) is 0.913. The van der Waals surface area contributed by atoms with Gasteiger partial charge in [-0.1, -0.05) is 30.3 Å². The maximum Gasteiger partial charge on any atom is 0.257 e. The number of carbonyl (C=O) groups is 1. The molecule has 2 aromatic rings. The summed E-state index contributed by atoms with van der Waals surface area (Å²) in [4.78, 5) is 14.8. The van der Waals surface area contributed by atoms with Crippen LogP contribution in [0.3, 0.4) is 0 Å². The number of likely N-dealkylation sites (tertiary alicyclic amines) is 1. The number of rotatable bonds is 3. The predicted octanol–water partition coefficient (Wildman–Crippen LogP) is 2.28. The molecule has 1 fully saturated rings. The Morgan fingerprint density at radius 3 is 2.91 bits per heavy atom. The van der Waals surface area contributed by atoms with Crippen LogP contribution in [0.25, 0.3) is 11.3 Å². The lowest BCUT2D eigenvalue weighted by Crippen LogP contribution is -2.45. The van der Waals surface area contributed by atoms with Gasteiger partial charge in [-0.2, -0.15) is 5.10 Å². The predicted molar refractivity (Wildman–Crippen MR) is 86.3 cm³/mol. The number of hydrogen-bond donors (Lipinski definition) is 2. The summed E-state index contributed by atoms with van der Waals surface area (Å²) in [6.45, 7) is 3.54. The van der Waals surface area contributed by atoms with Crippen molar-refractivity contribution in [3.63, 3.8) is 0 Å². The van der Waals surface area contributed by atoms with Crippen molar-refractivity contribution < 1.29 is 4.79 Å². The Hall–Kier alpha value is -2.14. The van der Waals surface area contributed by atoms with Gasteiger partial charge in [0, 0.05) is 24.7 Å². The van der Waals surface area contributed by atoms with E-state index in [1.165, 1.54) is 0 Å². The minimum atomic E-state index is 0.0398. The first-order chi connectivity index (χ1) is 10.7. The molecular weight excluding hydrogens is 276 g/mol. The molecule has 1 aliphatic heterocycles. The van der Waals surface area contributed by atoms with Crippen molar-refractivity contribution in [1.29, 1.82) is 0 Å². The van der Waals surface area contributed by atoms with Crippen LogP contribution in [0.1, 0.15) is 30.1 Å². The van der Waals surface area contributed by atoms with Crippen LogP contribution in [-0.4, -0.2) is 40.1 Å². The number of H-pyrrole nitrogens is 1. The summed E-state index contributed by atoms with van der Waals surface area (Å²) in [7, 11) is 0. The maximum atomic E-state index is 12.8. The van der Waals surface area contributed by atoms with Gasteiger partial charge in [0.1, 0.15) is 0 Å². The van der Waals surface area contributed by atoms with Gasteiger partial charge in [0.05, 0.1) is 17.5 Å². The van der Waals surface area contributed by atoms with Gasteiger partial charge in [0.25, 0.3) is 5.91 Å². The molecule has 3 rings (SSSR count). The normalized spacial score (nSPS) is 19.9. The Labute approximate surface area is 130 Å². The van der Waals surface area contributed by atoms with Crippen LogP contribution in [0, 0.1) is 5.92 Å². The van der Waals surface area contributed by atoms with Crippen LogP contribution in [0.5, 0.6) is 0 Å². The van der Waals surface area contributed by atoms with Gasteiger partial charge < -0.3 is 10.6 Å². The molecule has 2 heterocycles. The molecule has 22 heavy (non-hydrogen) atoms. The Bertz CT molecular complexity index is 635. The zero-order valence-corrected chi connectivity index (χ0v) is 12.8. The number of aromatic amines is 1. The SMILES string of the molecule is C[C@@H](N)[C@H]1CCCN(C(=O)c2cn[nH]c2-c2ccccc2)C1. The van der Waals surface area contributed by atoms with Crippen LogP contribution in [-0.2, 0) is 0 Å². The van der Waals surface area contributed by atoms with E-state index in [4.69, 9.17) is 5.73 Å². The van der Waals surface area contributed by atoms with Crippen molar-refractivity contribution in [3.8, 4) is 11.3 Å². The second kappa shape index (κ2) is 6.32. The monoisotopic (exact) mass is 298 g/mol. The second-order valence-corrected chi connectivity index (χ2v) is 6.04. The lowest BCUT2D eigenvalue weighted by molar-refractivity contribution is 0.0662. The summed E-state index contributed by atoms with van der Waals surface area (Å²) in [6, 6.07) is 9.94. The molecule has 0 bridgehead atoms. The van der Waals surface area contributed by atoms with E-state index >= 15 is 0 Å². The van der Waals surface area contributed by atoms with E-state index in [1.807, 2.05) is 42.2 Å². The Balaban J connectivity index is 1.83. The van der Waals surface area contributed by atoms with Crippen molar-refractivity contribution in [1.82, 2.24) is 15.1 Å². The van der Waals surface area contributed by atoms with Crippen LogP contribution in [0.4, 0.5) is 0 Å². The van der Waals surface area contributed by atoms with E-state index in [2.05, 4.69) is 10.2 Å². The third-order valence-electron chi connectivity index (χ3n) is 4.42. The van der Waals surface area contributed by atoms with Gasteiger partial charge in [0.2, 0.25) is 0 Å². The number of nitrogens with one attached hydrogen (secondary N) is 1. The highest BCUT2D eigenvalue weighted by Gasteiger charge is 2.28. The van der Waals surface area contributed by atoms with Crippen molar-refractivity contribution in [3.05, 3.63) is 42.1 Å². The van der Waals surface area contributed by atoms with Gasteiger partial charge in [-0.15, -0.1) is 0 Å². The average Bonchev–Trinajstić information content (AvgIpc) is 3.04. The largest absolute Gasteiger partial charge is 0.338 e. The lowest BCUT2D eigenvalue weighted by Gasteiger charge is -2.34. The van der Waals surface area contributed by atoms with Crippen molar-refractivity contribution in [2.45, 2.75) is 25.8 Å². The molecule has 0 saturated carbocycles. The summed E-state index contributed by atoms with van der Waals surface area (Å²) < 4.78 is 0. The lowest BCUT2D eigenvalue weighted by atomic mass is 9.91. The number of benzene rings is 1. The number of amides is 1. The van der Waals surface area contributed by atoms with Crippen LogP contribution < -0.4 is 5.73 Å². The molecule has 1 saturated heterocycles. The number of carbonyl (C=O) groups excluding carboxylic acids is 1. The molecule has 2 atom stereocenters. The van der Waals surface area contributed by atoms with Crippen LogP contribution in [0.2, 0.25) is 0 Å². The summed E-state index contributed by atoms with van der Waals surface area (Å²) in [6.07, 6.45) is 3.73. The fourth-order valence-electron chi connectivity index (χ4n) is 3.07. The second-order valence-electron chi connectivity index (χ2n) is 6.04. The zero-order chi connectivity index (χ0) is 15.5. The third-order valence-corrected chi connectivity index (χ3v) is 4.42. The first kappa shape index (κ1) is 14.8. The van der Waals surface area contributed by atoms with E-state index in [0.717, 1.165) is 37.2 Å². The zero-order valence-electron chi connectivity index (χ0n) is 12.8. The summed E-state index contributed by atoms with van der Waals surface area (Å²) in [5, 5.41) is 7.03. The van der Waals surface area contributed by atoms with E-state index < -0.39 is 0 Å². The molecular formula is C17H22N4O. The minimum Gasteiger partial charge on any atom is -0.338 e. The molecule has 0 unspecified atom stereocenters. The molecule has 1 amide bonds. The van der Waals surface area contributed by atoms with E-state index in [0.29, 0.717) is 11.5 Å². The van der Waals surface area contributed by atoms with Gasteiger partial charge in [-0.3, -0.25) is 9.89 Å². The molecule has 1 aromatic carbocycles. The molecule has 116 valence electrons. The summed E-state index contributed by atoms with van der Waals surface area (Å²) in [5.41, 5.74) is 8.41. The molecule has 0 radical (unpaired) electrons. The highest BCUT2D eigenvalue weighted by atomic mass is 16.2. The van der Waals surface area contributed by atoms with Gasteiger partial charge in [0.15, 0.2) is 0 Å². The number of aromatic nitrogens is 2. The van der Waals surface area contributed by atoms with Crippen LogP contribution in [0.15, 0.2) is 36.5 Å². The highest BCUT2D eigenvalue weighted by molar-refractivity contribution is 5.99. The first-order valence-electron chi connectivity index (χ1n) is 7.80. The molecule has 1 aliphatic rings.